The number of nitrogens with one attached hydrogen (secondary N) is 1. The van der Waals surface area contributed by atoms with Crippen LogP contribution in [0.4, 0.5) is 14.5 Å². The first-order valence-electron chi connectivity index (χ1n) is 5.62. The molecule has 0 fully saturated rings. The van der Waals surface area contributed by atoms with Crippen molar-refractivity contribution < 1.29 is 13.5 Å². The summed E-state index contributed by atoms with van der Waals surface area (Å²) >= 11 is 0. The molecule has 19 heavy (non-hydrogen) atoms. The second kappa shape index (κ2) is 5.99. The lowest BCUT2D eigenvalue weighted by Crippen LogP contribution is -2.06. The third kappa shape index (κ3) is 3.54. The van der Waals surface area contributed by atoms with Crippen molar-refractivity contribution in [1.29, 1.82) is 0 Å². The van der Waals surface area contributed by atoms with Gasteiger partial charge in [-0.15, -0.1) is 0 Å². The molecule has 2 rings (SSSR count). The topological polar surface area (TPSA) is 39.1 Å². The summed E-state index contributed by atoms with van der Waals surface area (Å²) in [7, 11) is 0. The monoisotopic (exact) mass is 265 g/mol. The van der Waals surface area contributed by atoms with E-state index in [1.54, 1.807) is 41.5 Å². The molecule has 0 atom stereocenters. The predicted molar refractivity (Wildman–Crippen MR) is 69.0 cm³/mol. The Morgan fingerprint density at radius 1 is 1.42 bits per heavy atom. The SMILES string of the molecule is C=Cn1cc(CNc2ccccc2OC(F)F)cn1. The summed E-state index contributed by atoms with van der Waals surface area (Å²) in [6, 6.07) is 6.55. The van der Waals surface area contributed by atoms with Crippen molar-refractivity contribution in [1.82, 2.24) is 9.78 Å². The molecule has 0 aliphatic rings. The molecule has 1 N–H and O–H groups in total. The molecule has 100 valence electrons. The van der Waals surface area contributed by atoms with Gasteiger partial charge in [-0.25, -0.2) is 4.68 Å². The third-order valence-corrected chi connectivity index (χ3v) is 2.43. The minimum atomic E-state index is -2.84. The van der Waals surface area contributed by atoms with E-state index in [1.165, 1.54) is 6.07 Å². The maximum atomic E-state index is 12.2. The van der Waals surface area contributed by atoms with Crippen LogP contribution in [-0.2, 0) is 6.54 Å². The average molecular weight is 265 g/mol. The Balaban J connectivity index is 2.04. The number of rotatable bonds is 6. The lowest BCUT2D eigenvalue weighted by atomic mass is 10.2. The van der Waals surface area contributed by atoms with Crippen molar-refractivity contribution in [2.24, 2.45) is 0 Å². The van der Waals surface area contributed by atoms with Gasteiger partial charge in [-0.1, -0.05) is 18.7 Å². The van der Waals surface area contributed by atoms with E-state index in [0.717, 1.165) is 5.56 Å². The van der Waals surface area contributed by atoms with E-state index in [0.29, 0.717) is 12.2 Å². The molecule has 2 aromatic rings. The summed E-state index contributed by atoms with van der Waals surface area (Å²) in [6.45, 7) is 1.20. The Hall–Kier alpha value is -2.37. The van der Waals surface area contributed by atoms with E-state index in [4.69, 9.17) is 0 Å². The van der Waals surface area contributed by atoms with E-state index in [9.17, 15) is 8.78 Å². The van der Waals surface area contributed by atoms with Gasteiger partial charge in [-0.3, -0.25) is 0 Å². The maximum absolute atomic E-state index is 12.2. The van der Waals surface area contributed by atoms with Crippen LogP contribution in [-0.4, -0.2) is 16.4 Å². The fraction of sp³-hybridized carbons (Fsp3) is 0.154. The number of hydrogen-bond acceptors (Lipinski definition) is 3. The number of halogens is 2. The number of ether oxygens (including phenoxy) is 1. The van der Waals surface area contributed by atoms with Gasteiger partial charge in [-0.05, 0) is 12.1 Å². The molecule has 4 nitrogen and oxygen atoms in total. The largest absolute Gasteiger partial charge is 0.433 e. The second-order valence-electron chi connectivity index (χ2n) is 3.74. The van der Waals surface area contributed by atoms with Crippen molar-refractivity contribution in [3.05, 3.63) is 48.8 Å². The molecule has 1 aromatic carbocycles. The Kier molecular flexibility index (Phi) is 4.12. The van der Waals surface area contributed by atoms with Crippen molar-refractivity contribution in [2.45, 2.75) is 13.2 Å². The van der Waals surface area contributed by atoms with Crippen LogP contribution < -0.4 is 10.1 Å². The molecule has 0 unspecified atom stereocenters. The summed E-state index contributed by atoms with van der Waals surface area (Å²) in [5.41, 5.74) is 1.42. The average Bonchev–Trinajstić information content (AvgIpc) is 2.85. The molecule has 1 aromatic heterocycles. The fourth-order valence-corrected chi connectivity index (χ4v) is 1.58. The lowest BCUT2D eigenvalue weighted by molar-refractivity contribution is -0.0493. The Morgan fingerprint density at radius 3 is 2.89 bits per heavy atom. The van der Waals surface area contributed by atoms with Crippen LogP contribution in [0.25, 0.3) is 6.20 Å². The van der Waals surface area contributed by atoms with Crippen LogP contribution in [0.2, 0.25) is 0 Å². The molecule has 0 saturated carbocycles. The fourth-order valence-electron chi connectivity index (χ4n) is 1.58. The van der Waals surface area contributed by atoms with Crippen LogP contribution in [0.3, 0.4) is 0 Å². The standard InChI is InChI=1S/C13H13F2N3O/c1-2-18-9-10(8-17-18)7-16-11-5-3-4-6-12(11)19-13(14)15/h2-6,8-9,13,16H,1,7H2. The zero-order valence-corrected chi connectivity index (χ0v) is 10.1. The zero-order chi connectivity index (χ0) is 13.7. The first-order valence-corrected chi connectivity index (χ1v) is 5.62. The molecular formula is C13H13F2N3O. The highest BCUT2D eigenvalue weighted by Crippen LogP contribution is 2.25. The molecule has 0 aliphatic heterocycles. The van der Waals surface area contributed by atoms with Crippen molar-refractivity contribution in [2.75, 3.05) is 5.32 Å². The number of nitrogens with zero attached hydrogens (tertiary/aromatic N) is 2. The van der Waals surface area contributed by atoms with Crippen LogP contribution in [0.5, 0.6) is 5.75 Å². The summed E-state index contributed by atoms with van der Waals surface area (Å²) in [4.78, 5) is 0. The van der Waals surface area contributed by atoms with Gasteiger partial charge < -0.3 is 10.1 Å². The Labute approximate surface area is 109 Å². The molecule has 0 saturated heterocycles. The van der Waals surface area contributed by atoms with E-state index < -0.39 is 6.61 Å². The first kappa shape index (κ1) is 13.1. The van der Waals surface area contributed by atoms with Gasteiger partial charge in [0.1, 0.15) is 5.75 Å². The molecule has 0 spiro atoms. The van der Waals surface area contributed by atoms with Gasteiger partial charge in [0, 0.05) is 24.5 Å². The number of aromatic nitrogens is 2. The van der Waals surface area contributed by atoms with E-state index >= 15 is 0 Å². The van der Waals surface area contributed by atoms with Crippen LogP contribution in [0, 0.1) is 0 Å². The molecule has 6 heteroatoms. The minimum absolute atomic E-state index is 0.119. The molecular weight excluding hydrogens is 252 g/mol. The Morgan fingerprint density at radius 2 is 2.21 bits per heavy atom. The van der Waals surface area contributed by atoms with Crippen molar-refractivity contribution >= 4 is 11.9 Å². The molecule has 0 amide bonds. The normalized spacial score (nSPS) is 10.5. The van der Waals surface area contributed by atoms with Crippen molar-refractivity contribution in [3.8, 4) is 5.75 Å². The van der Waals surface area contributed by atoms with E-state index in [2.05, 4.69) is 21.7 Å². The first-order chi connectivity index (χ1) is 9.19. The van der Waals surface area contributed by atoms with Gasteiger partial charge in [0.2, 0.25) is 0 Å². The number of alkyl halides is 2. The van der Waals surface area contributed by atoms with E-state index in [-0.39, 0.29) is 5.75 Å². The highest BCUT2D eigenvalue weighted by atomic mass is 19.3. The molecule has 1 heterocycles. The summed E-state index contributed by atoms with van der Waals surface area (Å²) in [5.74, 6) is 0.119. The number of hydrogen-bond donors (Lipinski definition) is 1. The van der Waals surface area contributed by atoms with Gasteiger partial charge in [0.05, 0.1) is 11.9 Å². The van der Waals surface area contributed by atoms with Crippen LogP contribution in [0.1, 0.15) is 5.56 Å². The zero-order valence-electron chi connectivity index (χ0n) is 10.1. The minimum Gasteiger partial charge on any atom is -0.433 e. The summed E-state index contributed by atoms with van der Waals surface area (Å²) in [6.07, 6.45) is 5.03. The summed E-state index contributed by atoms with van der Waals surface area (Å²) in [5, 5.41) is 7.05. The van der Waals surface area contributed by atoms with E-state index in [1.807, 2.05) is 0 Å². The summed E-state index contributed by atoms with van der Waals surface area (Å²) < 4.78 is 30.5. The van der Waals surface area contributed by atoms with Crippen LogP contribution in [0.15, 0.2) is 43.2 Å². The van der Waals surface area contributed by atoms with Gasteiger partial charge in [0.25, 0.3) is 0 Å². The number of anilines is 1. The quantitative estimate of drug-likeness (QED) is 0.871. The number of benzene rings is 1. The van der Waals surface area contributed by atoms with Gasteiger partial charge in [0.15, 0.2) is 0 Å². The smallest absolute Gasteiger partial charge is 0.387 e. The third-order valence-electron chi connectivity index (χ3n) is 2.43. The number of para-hydroxylation sites is 2. The second-order valence-corrected chi connectivity index (χ2v) is 3.74. The molecule has 0 bridgehead atoms. The Bertz CT molecular complexity index is 554. The van der Waals surface area contributed by atoms with Gasteiger partial charge in [-0.2, -0.15) is 13.9 Å². The molecule has 0 radical (unpaired) electrons. The lowest BCUT2D eigenvalue weighted by Gasteiger charge is -2.11. The van der Waals surface area contributed by atoms with Crippen molar-refractivity contribution in [3.63, 3.8) is 0 Å². The highest BCUT2D eigenvalue weighted by Gasteiger charge is 2.08. The molecule has 0 aliphatic carbocycles. The predicted octanol–water partition coefficient (Wildman–Crippen LogP) is 3.20. The van der Waals surface area contributed by atoms with Gasteiger partial charge >= 0.3 is 6.61 Å². The maximum Gasteiger partial charge on any atom is 0.387 e. The van der Waals surface area contributed by atoms with Crippen LogP contribution >= 0.6 is 0 Å². The highest BCUT2D eigenvalue weighted by molar-refractivity contribution is 5.56.